The molecule has 0 N–H and O–H groups in total. The van der Waals surface area contributed by atoms with Crippen LogP contribution in [0.25, 0.3) is 22.0 Å². The number of pyridine rings is 1. The van der Waals surface area contributed by atoms with Crippen molar-refractivity contribution in [3.63, 3.8) is 0 Å². The van der Waals surface area contributed by atoms with Gasteiger partial charge in [-0.15, -0.1) is 5.10 Å². The number of aromatic nitrogens is 3. The average Bonchev–Trinajstić information content (AvgIpc) is 3.41. The van der Waals surface area contributed by atoms with Gasteiger partial charge in [0.25, 0.3) is 0 Å². The highest BCUT2D eigenvalue weighted by Crippen LogP contribution is 2.31. The molecule has 33 heavy (non-hydrogen) atoms. The first-order valence-corrected chi connectivity index (χ1v) is 12.1. The van der Waals surface area contributed by atoms with Crippen molar-refractivity contribution >= 4 is 22.5 Å². The zero-order chi connectivity index (χ0) is 22.6. The minimum atomic E-state index is 0.662. The molecule has 1 unspecified atom stereocenters. The van der Waals surface area contributed by atoms with Crippen LogP contribution >= 0.6 is 11.6 Å². The van der Waals surface area contributed by atoms with Crippen LogP contribution in [-0.4, -0.2) is 45.4 Å². The summed E-state index contributed by atoms with van der Waals surface area (Å²) >= 11 is 6.07. The van der Waals surface area contributed by atoms with E-state index in [0.717, 1.165) is 45.6 Å². The molecule has 0 aliphatic carbocycles. The lowest BCUT2D eigenvalue weighted by Gasteiger charge is -2.20. The van der Waals surface area contributed by atoms with E-state index in [1.807, 2.05) is 53.5 Å². The van der Waals surface area contributed by atoms with Crippen LogP contribution in [0.4, 0.5) is 0 Å². The Balaban J connectivity index is 1.40. The van der Waals surface area contributed by atoms with E-state index in [0.29, 0.717) is 25.1 Å². The Labute approximate surface area is 200 Å². The van der Waals surface area contributed by atoms with Gasteiger partial charge in [0.1, 0.15) is 0 Å². The van der Waals surface area contributed by atoms with Crippen LogP contribution in [0.15, 0.2) is 67.0 Å². The molecule has 1 fully saturated rings. The second-order valence-electron chi connectivity index (χ2n) is 8.79. The van der Waals surface area contributed by atoms with E-state index in [1.54, 1.807) is 0 Å². The molecule has 0 amide bonds. The molecule has 4 aromatic rings. The first-order chi connectivity index (χ1) is 16.2. The molecule has 1 saturated heterocycles. The SMILES string of the molecule is CC1CCCN1CCCOc1nn(Cc2ccc(Cl)cc2)c2ccc(-c3ccncc3)cc12. The topological polar surface area (TPSA) is 43.2 Å². The van der Waals surface area contributed by atoms with Gasteiger partial charge in [-0.3, -0.25) is 9.67 Å². The Kier molecular flexibility index (Phi) is 6.60. The number of nitrogens with zero attached hydrogens (tertiary/aromatic N) is 4. The van der Waals surface area contributed by atoms with E-state index in [2.05, 4.69) is 35.0 Å². The quantitative estimate of drug-likeness (QED) is 0.300. The Bertz CT molecular complexity index is 1210. The van der Waals surface area contributed by atoms with Crippen molar-refractivity contribution in [2.75, 3.05) is 19.7 Å². The lowest BCUT2D eigenvalue weighted by Crippen LogP contribution is -2.28. The summed E-state index contributed by atoms with van der Waals surface area (Å²) in [6, 6.07) is 19.1. The largest absolute Gasteiger partial charge is 0.476 e. The monoisotopic (exact) mass is 460 g/mol. The summed E-state index contributed by atoms with van der Waals surface area (Å²) in [4.78, 5) is 6.70. The highest BCUT2D eigenvalue weighted by molar-refractivity contribution is 6.30. The molecule has 5 rings (SSSR count). The molecule has 2 aromatic heterocycles. The number of ether oxygens (including phenoxy) is 1. The molecule has 0 bridgehead atoms. The van der Waals surface area contributed by atoms with Gasteiger partial charge in [0.05, 0.1) is 24.1 Å². The highest BCUT2D eigenvalue weighted by Gasteiger charge is 2.19. The summed E-state index contributed by atoms with van der Waals surface area (Å²) in [7, 11) is 0. The second-order valence-corrected chi connectivity index (χ2v) is 9.22. The van der Waals surface area contributed by atoms with E-state index >= 15 is 0 Å². The van der Waals surface area contributed by atoms with Crippen LogP contribution in [0.5, 0.6) is 5.88 Å². The number of likely N-dealkylation sites (tertiary alicyclic amines) is 1. The first-order valence-electron chi connectivity index (χ1n) is 11.7. The summed E-state index contributed by atoms with van der Waals surface area (Å²) in [6.07, 6.45) is 7.25. The minimum Gasteiger partial charge on any atom is -0.476 e. The van der Waals surface area contributed by atoms with Gasteiger partial charge < -0.3 is 9.64 Å². The molecule has 5 nitrogen and oxygen atoms in total. The molecule has 170 valence electrons. The van der Waals surface area contributed by atoms with Crippen molar-refractivity contribution in [2.45, 2.75) is 38.8 Å². The summed E-state index contributed by atoms with van der Waals surface area (Å²) in [5, 5.41) is 6.63. The lowest BCUT2D eigenvalue weighted by atomic mass is 10.1. The summed E-state index contributed by atoms with van der Waals surface area (Å²) < 4.78 is 8.27. The number of hydrogen-bond donors (Lipinski definition) is 0. The Morgan fingerprint density at radius 3 is 2.61 bits per heavy atom. The fourth-order valence-corrected chi connectivity index (χ4v) is 4.75. The van der Waals surface area contributed by atoms with Crippen molar-refractivity contribution < 1.29 is 4.74 Å². The third-order valence-electron chi connectivity index (χ3n) is 6.49. The van der Waals surface area contributed by atoms with Gasteiger partial charge in [-0.05, 0) is 85.8 Å². The van der Waals surface area contributed by atoms with Gasteiger partial charge in [0.2, 0.25) is 5.88 Å². The normalized spacial score (nSPS) is 16.5. The molecule has 0 spiro atoms. The van der Waals surface area contributed by atoms with Crippen molar-refractivity contribution in [1.29, 1.82) is 0 Å². The van der Waals surface area contributed by atoms with Gasteiger partial charge in [0.15, 0.2) is 0 Å². The molecule has 1 aliphatic rings. The van der Waals surface area contributed by atoms with E-state index in [9.17, 15) is 0 Å². The van der Waals surface area contributed by atoms with E-state index in [1.165, 1.54) is 19.4 Å². The smallest absolute Gasteiger partial charge is 0.240 e. The van der Waals surface area contributed by atoms with E-state index in [-0.39, 0.29) is 0 Å². The summed E-state index contributed by atoms with van der Waals surface area (Å²) in [5.41, 5.74) is 4.47. The van der Waals surface area contributed by atoms with Gasteiger partial charge in [-0.2, -0.15) is 0 Å². The van der Waals surface area contributed by atoms with Crippen molar-refractivity contribution in [3.8, 4) is 17.0 Å². The van der Waals surface area contributed by atoms with Gasteiger partial charge in [-0.25, -0.2) is 0 Å². The number of hydrogen-bond acceptors (Lipinski definition) is 4. The average molecular weight is 461 g/mol. The van der Waals surface area contributed by atoms with E-state index < -0.39 is 0 Å². The minimum absolute atomic E-state index is 0.662. The molecule has 1 atom stereocenters. The number of halogens is 1. The molecule has 1 aliphatic heterocycles. The standard InChI is InChI=1S/C27H29ClN4O/c1-20-4-2-15-31(20)16-3-17-33-27-25-18-23(22-11-13-29-14-12-22)7-10-26(25)32(30-27)19-21-5-8-24(28)9-6-21/h5-14,18,20H,2-4,15-17,19H2,1H3. The van der Waals surface area contributed by atoms with Gasteiger partial charge >= 0.3 is 0 Å². The molecule has 0 saturated carbocycles. The van der Waals surface area contributed by atoms with Crippen LogP contribution in [0.1, 0.15) is 31.7 Å². The van der Waals surface area contributed by atoms with Crippen LogP contribution in [-0.2, 0) is 6.54 Å². The highest BCUT2D eigenvalue weighted by atomic mass is 35.5. The number of fused-ring (bicyclic) bond motifs is 1. The van der Waals surface area contributed by atoms with Crippen molar-refractivity contribution in [1.82, 2.24) is 19.7 Å². The van der Waals surface area contributed by atoms with Crippen LogP contribution < -0.4 is 4.74 Å². The summed E-state index contributed by atoms with van der Waals surface area (Å²) in [5.74, 6) is 0.698. The lowest BCUT2D eigenvalue weighted by molar-refractivity contribution is 0.227. The molecule has 0 radical (unpaired) electrons. The number of benzene rings is 2. The first kappa shape index (κ1) is 21.9. The van der Waals surface area contributed by atoms with E-state index in [4.69, 9.17) is 21.4 Å². The molecular formula is C27H29ClN4O. The fraction of sp³-hybridized carbons (Fsp3) is 0.333. The maximum Gasteiger partial charge on any atom is 0.240 e. The fourth-order valence-electron chi connectivity index (χ4n) is 4.63. The molecule has 3 heterocycles. The maximum absolute atomic E-state index is 6.25. The third-order valence-corrected chi connectivity index (χ3v) is 6.75. The Morgan fingerprint density at radius 1 is 1.03 bits per heavy atom. The van der Waals surface area contributed by atoms with Crippen LogP contribution in [0.3, 0.4) is 0 Å². The van der Waals surface area contributed by atoms with Crippen molar-refractivity contribution in [2.24, 2.45) is 0 Å². The Hall–Kier alpha value is -2.89. The zero-order valence-electron chi connectivity index (χ0n) is 19.0. The summed E-state index contributed by atoms with van der Waals surface area (Å²) in [6.45, 7) is 5.93. The zero-order valence-corrected chi connectivity index (χ0v) is 19.7. The van der Waals surface area contributed by atoms with Crippen LogP contribution in [0, 0.1) is 0 Å². The second kappa shape index (κ2) is 9.94. The molecule has 6 heteroatoms. The predicted octanol–water partition coefficient (Wildman–Crippen LogP) is 6.05. The third kappa shape index (κ3) is 5.05. The maximum atomic E-state index is 6.25. The van der Waals surface area contributed by atoms with Crippen LogP contribution in [0.2, 0.25) is 5.02 Å². The van der Waals surface area contributed by atoms with Crippen molar-refractivity contribution in [3.05, 3.63) is 77.6 Å². The predicted molar refractivity (Wildman–Crippen MR) is 134 cm³/mol. The number of rotatable bonds is 8. The van der Waals surface area contributed by atoms with Gasteiger partial charge in [-0.1, -0.05) is 29.8 Å². The Morgan fingerprint density at radius 2 is 1.85 bits per heavy atom. The van der Waals surface area contributed by atoms with Gasteiger partial charge in [0, 0.05) is 30.0 Å². The molecule has 2 aromatic carbocycles. The molecular weight excluding hydrogens is 432 g/mol.